The largest absolute Gasteiger partial charge is 0.487 e. The first-order valence-corrected chi connectivity index (χ1v) is 6.34. The summed E-state index contributed by atoms with van der Waals surface area (Å²) in [6.45, 7) is 8.00. The van der Waals surface area contributed by atoms with Crippen molar-refractivity contribution in [3.05, 3.63) is 33.9 Å². The quantitative estimate of drug-likeness (QED) is 0.657. The highest BCUT2D eigenvalue weighted by atomic mass is 16.6. The van der Waals surface area contributed by atoms with Gasteiger partial charge in [0.2, 0.25) is 0 Å². The zero-order chi connectivity index (χ0) is 14.6. The van der Waals surface area contributed by atoms with E-state index in [9.17, 15) is 15.2 Å². The number of benzene rings is 1. The second-order valence-electron chi connectivity index (χ2n) is 5.58. The minimum absolute atomic E-state index is 0.0455. The lowest BCUT2D eigenvalue weighted by Gasteiger charge is -2.25. The van der Waals surface area contributed by atoms with Gasteiger partial charge in [-0.2, -0.15) is 0 Å². The maximum atomic E-state index is 10.9. The lowest BCUT2D eigenvalue weighted by atomic mass is 9.85. The minimum Gasteiger partial charge on any atom is -0.487 e. The fraction of sp³-hybridized carbons (Fsp3) is 0.571. The van der Waals surface area contributed by atoms with Gasteiger partial charge >= 0.3 is 5.69 Å². The normalized spacial score (nSPS) is 13.1. The predicted octanol–water partition coefficient (Wildman–Crippen LogP) is 2.94. The molecule has 1 rings (SSSR count). The number of nitro benzene ring substituents is 1. The summed E-state index contributed by atoms with van der Waals surface area (Å²) in [5, 5.41) is 20.9. The average molecular weight is 267 g/mol. The van der Waals surface area contributed by atoms with Crippen LogP contribution in [-0.4, -0.2) is 22.7 Å². The molecule has 1 unspecified atom stereocenters. The van der Waals surface area contributed by atoms with Gasteiger partial charge in [0.25, 0.3) is 0 Å². The van der Waals surface area contributed by atoms with Gasteiger partial charge in [-0.3, -0.25) is 10.1 Å². The van der Waals surface area contributed by atoms with Gasteiger partial charge in [0.1, 0.15) is 0 Å². The van der Waals surface area contributed by atoms with Crippen LogP contribution in [0.2, 0.25) is 0 Å². The van der Waals surface area contributed by atoms with Crippen molar-refractivity contribution in [2.75, 3.05) is 6.61 Å². The number of nitro groups is 1. The zero-order valence-corrected chi connectivity index (χ0v) is 11.8. The smallest absolute Gasteiger partial charge is 0.310 e. The molecule has 5 heteroatoms. The van der Waals surface area contributed by atoms with Crippen molar-refractivity contribution in [3.8, 4) is 5.75 Å². The van der Waals surface area contributed by atoms with Crippen LogP contribution in [0.15, 0.2) is 18.2 Å². The number of aliphatic hydroxyl groups excluding tert-OH is 1. The van der Waals surface area contributed by atoms with Crippen LogP contribution in [0.3, 0.4) is 0 Å². The molecule has 0 heterocycles. The van der Waals surface area contributed by atoms with Crippen molar-refractivity contribution in [1.29, 1.82) is 0 Å². The van der Waals surface area contributed by atoms with Gasteiger partial charge in [0, 0.05) is 6.07 Å². The number of rotatable bonds is 5. The number of ether oxygens (including phenoxy) is 1. The third kappa shape index (κ3) is 4.21. The highest BCUT2D eigenvalue weighted by Gasteiger charge is 2.23. The Morgan fingerprint density at radius 1 is 1.42 bits per heavy atom. The SMILES string of the molecule is CCOc1cc(CC(O)C(C)(C)C)ccc1[N+](=O)[O-]. The molecule has 0 aliphatic carbocycles. The topological polar surface area (TPSA) is 72.6 Å². The van der Waals surface area contributed by atoms with Crippen molar-refractivity contribution in [2.24, 2.45) is 5.41 Å². The van der Waals surface area contributed by atoms with Crippen molar-refractivity contribution >= 4 is 5.69 Å². The van der Waals surface area contributed by atoms with Crippen LogP contribution in [0.1, 0.15) is 33.3 Å². The summed E-state index contributed by atoms with van der Waals surface area (Å²) in [6.07, 6.45) is -0.0647. The van der Waals surface area contributed by atoms with E-state index in [0.29, 0.717) is 13.0 Å². The van der Waals surface area contributed by atoms with E-state index in [2.05, 4.69) is 0 Å². The van der Waals surface area contributed by atoms with E-state index in [-0.39, 0.29) is 16.9 Å². The van der Waals surface area contributed by atoms with Crippen LogP contribution in [0, 0.1) is 15.5 Å². The maximum Gasteiger partial charge on any atom is 0.310 e. The first kappa shape index (κ1) is 15.4. The molecular formula is C14H21NO4. The molecule has 0 aromatic heterocycles. The number of aliphatic hydroxyl groups is 1. The van der Waals surface area contributed by atoms with Crippen molar-refractivity contribution in [2.45, 2.75) is 40.2 Å². The van der Waals surface area contributed by atoms with E-state index in [4.69, 9.17) is 4.74 Å². The van der Waals surface area contributed by atoms with Crippen LogP contribution in [0.5, 0.6) is 5.75 Å². The lowest BCUT2D eigenvalue weighted by molar-refractivity contribution is -0.385. The Morgan fingerprint density at radius 3 is 2.53 bits per heavy atom. The Morgan fingerprint density at radius 2 is 2.05 bits per heavy atom. The Balaban J connectivity index is 2.99. The highest BCUT2D eigenvalue weighted by molar-refractivity contribution is 5.48. The molecule has 0 aliphatic rings. The highest BCUT2D eigenvalue weighted by Crippen LogP contribution is 2.30. The third-order valence-corrected chi connectivity index (χ3v) is 2.95. The molecule has 0 saturated carbocycles. The summed E-state index contributed by atoms with van der Waals surface area (Å²) in [5.41, 5.74) is 0.556. The Bertz CT molecular complexity index is 451. The van der Waals surface area contributed by atoms with Crippen LogP contribution >= 0.6 is 0 Å². The fourth-order valence-electron chi connectivity index (χ4n) is 1.64. The molecule has 5 nitrogen and oxygen atoms in total. The lowest BCUT2D eigenvalue weighted by Crippen LogP contribution is -2.28. The van der Waals surface area contributed by atoms with Crippen LogP contribution < -0.4 is 4.74 Å². The number of hydrogen-bond donors (Lipinski definition) is 1. The summed E-state index contributed by atoms with van der Waals surface area (Å²) in [4.78, 5) is 10.4. The molecule has 1 N–H and O–H groups in total. The molecule has 0 radical (unpaired) electrons. The van der Waals surface area contributed by atoms with E-state index in [1.54, 1.807) is 19.1 Å². The van der Waals surface area contributed by atoms with Gasteiger partial charge in [-0.15, -0.1) is 0 Å². The van der Waals surface area contributed by atoms with E-state index < -0.39 is 11.0 Å². The predicted molar refractivity (Wildman–Crippen MR) is 73.4 cm³/mol. The maximum absolute atomic E-state index is 10.9. The standard InChI is InChI=1S/C14H21NO4/c1-5-19-12-8-10(6-7-11(12)15(17)18)9-13(16)14(2,3)4/h6-8,13,16H,5,9H2,1-4H3. The molecule has 0 aliphatic heterocycles. The van der Waals surface area contributed by atoms with Gasteiger partial charge in [-0.05, 0) is 30.4 Å². The first-order valence-electron chi connectivity index (χ1n) is 6.34. The van der Waals surface area contributed by atoms with Crippen molar-refractivity contribution in [3.63, 3.8) is 0 Å². The molecular weight excluding hydrogens is 246 g/mol. The molecule has 0 saturated heterocycles. The van der Waals surface area contributed by atoms with Gasteiger partial charge in [0.05, 0.1) is 17.6 Å². The average Bonchev–Trinajstić information content (AvgIpc) is 2.28. The molecule has 0 amide bonds. The molecule has 0 fully saturated rings. The zero-order valence-electron chi connectivity index (χ0n) is 11.8. The summed E-state index contributed by atoms with van der Waals surface area (Å²) >= 11 is 0. The molecule has 0 spiro atoms. The molecule has 1 aromatic rings. The molecule has 1 atom stereocenters. The van der Waals surface area contributed by atoms with E-state index in [1.807, 2.05) is 20.8 Å². The summed E-state index contributed by atoms with van der Waals surface area (Å²) in [7, 11) is 0. The Labute approximate surface area is 113 Å². The van der Waals surface area contributed by atoms with Gasteiger partial charge < -0.3 is 9.84 Å². The molecule has 0 bridgehead atoms. The van der Waals surface area contributed by atoms with Crippen molar-refractivity contribution < 1.29 is 14.8 Å². The molecule has 19 heavy (non-hydrogen) atoms. The second-order valence-corrected chi connectivity index (χ2v) is 5.58. The van der Waals surface area contributed by atoms with E-state index in [1.165, 1.54) is 6.07 Å². The number of nitrogens with zero attached hydrogens (tertiary/aromatic N) is 1. The van der Waals surface area contributed by atoms with Crippen LogP contribution in [-0.2, 0) is 6.42 Å². The van der Waals surface area contributed by atoms with Gasteiger partial charge in [0.15, 0.2) is 5.75 Å². The van der Waals surface area contributed by atoms with Gasteiger partial charge in [-0.25, -0.2) is 0 Å². The van der Waals surface area contributed by atoms with Crippen LogP contribution in [0.4, 0.5) is 5.69 Å². The van der Waals surface area contributed by atoms with E-state index in [0.717, 1.165) is 5.56 Å². The molecule has 106 valence electrons. The molecule has 1 aromatic carbocycles. The van der Waals surface area contributed by atoms with Crippen molar-refractivity contribution in [1.82, 2.24) is 0 Å². The van der Waals surface area contributed by atoms with Crippen LogP contribution in [0.25, 0.3) is 0 Å². The Kier molecular flexibility index (Phi) is 4.89. The first-order chi connectivity index (χ1) is 8.75. The monoisotopic (exact) mass is 267 g/mol. The summed E-state index contributed by atoms with van der Waals surface area (Å²) < 4.78 is 5.28. The van der Waals surface area contributed by atoms with Gasteiger partial charge in [-0.1, -0.05) is 26.8 Å². The second kappa shape index (κ2) is 6.02. The fourth-order valence-corrected chi connectivity index (χ4v) is 1.64. The third-order valence-electron chi connectivity index (χ3n) is 2.95. The Hall–Kier alpha value is -1.62. The van der Waals surface area contributed by atoms with E-state index >= 15 is 0 Å². The summed E-state index contributed by atoms with van der Waals surface area (Å²) in [6, 6.07) is 4.72. The summed E-state index contributed by atoms with van der Waals surface area (Å²) in [5.74, 6) is 0.256. The number of hydrogen-bond acceptors (Lipinski definition) is 4. The minimum atomic E-state index is -0.511.